The SMILES string of the molecule is COC(=O)N[C@@H](C)C(=O)N1C[C@@H](SC)C[C@H]1c1ncc(-c2ccc(-c3ccc(-c4cnc([C@@H]5CCCN5C(=O)[C@@H](NC(=O)OC)C(C)OC)[nH]4)cc3)c(F)c2)[nH]1. The molecular formula is C39H47FN8O7S. The third-order valence-electron chi connectivity index (χ3n) is 10.5. The number of H-pyrrole nitrogens is 2. The van der Waals surface area contributed by atoms with Gasteiger partial charge < -0.3 is 44.6 Å². The average molecular weight is 791 g/mol. The second-order valence-electron chi connectivity index (χ2n) is 13.8. The zero-order chi connectivity index (χ0) is 40.1. The number of nitrogens with one attached hydrogen (secondary N) is 4. The van der Waals surface area contributed by atoms with E-state index in [1.54, 1.807) is 53.9 Å². The number of amides is 4. The zero-order valence-corrected chi connectivity index (χ0v) is 32.9. The monoisotopic (exact) mass is 790 g/mol. The highest BCUT2D eigenvalue weighted by molar-refractivity contribution is 7.99. The highest BCUT2D eigenvalue weighted by Crippen LogP contribution is 2.38. The van der Waals surface area contributed by atoms with E-state index < -0.39 is 36.2 Å². The highest BCUT2D eigenvalue weighted by atomic mass is 32.2. The first-order valence-electron chi connectivity index (χ1n) is 18.3. The van der Waals surface area contributed by atoms with E-state index in [9.17, 15) is 19.2 Å². The predicted octanol–water partition coefficient (Wildman–Crippen LogP) is 5.45. The van der Waals surface area contributed by atoms with Gasteiger partial charge in [-0.15, -0.1) is 0 Å². The molecule has 4 amide bonds. The van der Waals surface area contributed by atoms with E-state index in [1.807, 2.05) is 36.6 Å². The smallest absolute Gasteiger partial charge is 0.407 e. The topological polar surface area (TPSA) is 184 Å². The predicted molar refractivity (Wildman–Crippen MR) is 208 cm³/mol. The van der Waals surface area contributed by atoms with Gasteiger partial charge in [-0.05, 0) is 56.6 Å². The number of carbonyl (C=O) groups is 4. The van der Waals surface area contributed by atoms with Crippen molar-refractivity contribution in [3.8, 4) is 33.6 Å². The van der Waals surface area contributed by atoms with Crippen molar-refractivity contribution >= 4 is 35.8 Å². The van der Waals surface area contributed by atoms with Crippen molar-refractivity contribution < 1.29 is 37.8 Å². The number of aromatic amines is 2. The summed E-state index contributed by atoms with van der Waals surface area (Å²) in [5, 5.41) is 5.33. The molecule has 17 heteroatoms. The number of methoxy groups -OCH3 is 3. The van der Waals surface area contributed by atoms with Crippen molar-refractivity contribution in [2.24, 2.45) is 0 Å². The van der Waals surface area contributed by atoms with Gasteiger partial charge in [0, 0.05) is 36.6 Å². The number of likely N-dealkylation sites (tertiary alicyclic amines) is 2. The van der Waals surface area contributed by atoms with Crippen molar-refractivity contribution in [2.75, 3.05) is 40.7 Å². The lowest BCUT2D eigenvalue weighted by Crippen LogP contribution is -2.54. The fourth-order valence-electron chi connectivity index (χ4n) is 7.26. The van der Waals surface area contributed by atoms with Gasteiger partial charge in [0.05, 0.1) is 56.2 Å². The number of rotatable bonds is 12. The van der Waals surface area contributed by atoms with Crippen LogP contribution in [0.4, 0.5) is 14.0 Å². The van der Waals surface area contributed by atoms with Crippen LogP contribution in [0, 0.1) is 5.82 Å². The third kappa shape index (κ3) is 8.53. The van der Waals surface area contributed by atoms with Crippen LogP contribution in [0.25, 0.3) is 33.6 Å². The van der Waals surface area contributed by atoms with Crippen LogP contribution in [0.3, 0.4) is 0 Å². The van der Waals surface area contributed by atoms with Gasteiger partial charge in [0.2, 0.25) is 11.8 Å². The van der Waals surface area contributed by atoms with Gasteiger partial charge in [0.1, 0.15) is 29.5 Å². The molecule has 0 saturated carbocycles. The first-order chi connectivity index (χ1) is 27.0. The van der Waals surface area contributed by atoms with Crippen molar-refractivity contribution in [3.63, 3.8) is 0 Å². The van der Waals surface area contributed by atoms with Crippen LogP contribution >= 0.6 is 11.8 Å². The Bertz CT molecular complexity index is 2040. The van der Waals surface area contributed by atoms with Crippen molar-refractivity contribution in [2.45, 2.75) is 68.6 Å². The molecule has 0 aliphatic carbocycles. The summed E-state index contributed by atoms with van der Waals surface area (Å²) in [5.41, 5.74) is 3.91. The standard InChI is InChI=1S/C39H47FN8O7S/c1-21(43-38(51)54-4)36(49)48-20-26(56-6)17-32(48)35-42-19-30(45-35)25-13-14-27(28(40)16-25)23-9-11-24(12-10-23)29-18-41-34(44-29)31-8-7-15-47(31)37(50)33(22(2)53-3)46-39(52)55-5/h9-14,16,18-19,21-22,26,31-33H,7-8,15,17,20H2,1-6H3,(H,41,44)(H,42,45)(H,43,51)(H,46,52)/t21-,22?,26-,31-,32-,33-/m0/s1. The van der Waals surface area contributed by atoms with Crippen LogP contribution in [0.5, 0.6) is 0 Å². The molecular weight excluding hydrogens is 744 g/mol. The zero-order valence-electron chi connectivity index (χ0n) is 32.1. The van der Waals surface area contributed by atoms with E-state index in [2.05, 4.69) is 35.3 Å². The van der Waals surface area contributed by atoms with Gasteiger partial charge in [0.25, 0.3) is 0 Å². The molecule has 2 aliphatic heterocycles. The minimum absolute atomic E-state index is 0.191. The quantitative estimate of drug-likeness (QED) is 0.144. The molecule has 298 valence electrons. The molecule has 6 atom stereocenters. The lowest BCUT2D eigenvalue weighted by atomic mass is 10.0. The van der Waals surface area contributed by atoms with Crippen LogP contribution in [-0.2, 0) is 23.8 Å². The summed E-state index contributed by atoms with van der Waals surface area (Å²) < 4.78 is 30.5. The van der Waals surface area contributed by atoms with Crippen LogP contribution in [0.15, 0.2) is 54.9 Å². The minimum atomic E-state index is -0.928. The summed E-state index contributed by atoms with van der Waals surface area (Å²) in [6.45, 7) is 4.34. The van der Waals surface area contributed by atoms with Gasteiger partial charge in [-0.2, -0.15) is 11.8 Å². The molecule has 2 saturated heterocycles. The molecule has 2 aromatic heterocycles. The molecule has 0 bridgehead atoms. The Labute approximate surface area is 328 Å². The van der Waals surface area contributed by atoms with E-state index in [-0.39, 0.29) is 29.1 Å². The molecule has 56 heavy (non-hydrogen) atoms. The van der Waals surface area contributed by atoms with Crippen molar-refractivity contribution in [3.05, 3.63) is 72.3 Å². The molecule has 0 spiro atoms. The average Bonchev–Trinajstić information content (AvgIpc) is 4.05. The molecule has 0 radical (unpaired) electrons. The van der Waals surface area contributed by atoms with Crippen LogP contribution < -0.4 is 10.6 Å². The number of aromatic nitrogens is 4. The minimum Gasteiger partial charge on any atom is -0.453 e. The number of halogens is 1. The Hall–Kier alpha value is -5.42. The Morgan fingerprint density at radius 1 is 0.839 bits per heavy atom. The molecule has 2 fully saturated rings. The lowest BCUT2D eigenvalue weighted by molar-refractivity contribution is -0.137. The van der Waals surface area contributed by atoms with Crippen LogP contribution in [-0.4, -0.2) is 118 Å². The number of alkyl carbamates (subject to hydrolysis) is 2. The maximum absolute atomic E-state index is 15.7. The maximum atomic E-state index is 15.7. The van der Waals surface area contributed by atoms with Gasteiger partial charge in [-0.25, -0.2) is 23.9 Å². The van der Waals surface area contributed by atoms with E-state index in [1.165, 1.54) is 27.4 Å². The molecule has 2 aliphatic rings. The van der Waals surface area contributed by atoms with Gasteiger partial charge in [-0.3, -0.25) is 9.59 Å². The molecule has 15 nitrogen and oxygen atoms in total. The number of nitrogens with zero attached hydrogens (tertiary/aromatic N) is 4. The number of carbonyl (C=O) groups excluding carboxylic acids is 4. The molecule has 4 N–H and O–H groups in total. The highest BCUT2D eigenvalue weighted by Gasteiger charge is 2.40. The van der Waals surface area contributed by atoms with Crippen molar-refractivity contribution in [1.29, 1.82) is 0 Å². The first kappa shape index (κ1) is 40.2. The number of imidazole rings is 2. The van der Waals surface area contributed by atoms with Gasteiger partial charge >= 0.3 is 12.2 Å². The number of thioether (sulfide) groups is 1. The fraction of sp³-hybridized carbons (Fsp3) is 0.436. The fourth-order valence-corrected chi connectivity index (χ4v) is 7.95. The summed E-state index contributed by atoms with van der Waals surface area (Å²) in [6.07, 6.45) is 5.52. The van der Waals surface area contributed by atoms with E-state index >= 15 is 4.39 Å². The molecule has 1 unspecified atom stereocenters. The normalized spacial score (nSPS) is 19.7. The largest absolute Gasteiger partial charge is 0.453 e. The molecule has 2 aromatic carbocycles. The molecule has 6 rings (SSSR count). The second kappa shape index (κ2) is 17.6. The maximum Gasteiger partial charge on any atom is 0.407 e. The van der Waals surface area contributed by atoms with E-state index in [0.717, 1.165) is 17.7 Å². The summed E-state index contributed by atoms with van der Waals surface area (Å²) in [6, 6.07) is 10.1. The third-order valence-corrected chi connectivity index (χ3v) is 11.5. The number of hydrogen-bond acceptors (Lipinski definition) is 10. The Morgan fingerprint density at radius 2 is 1.45 bits per heavy atom. The van der Waals surface area contributed by atoms with Gasteiger partial charge in [-0.1, -0.05) is 36.4 Å². The summed E-state index contributed by atoms with van der Waals surface area (Å²) in [4.78, 5) is 69.9. The number of benzene rings is 2. The number of ether oxygens (including phenoxy) is 3. The Balaban J connectivity index is 1.14. The Kier molecular flexibility index (Phi) is 12.6. The van der Waals surface area contributed by atoms with Gasteiger partial charge in [0.15, 0.2) is 0 Å². The lowest BCUT2D eigenvalue weighted by Gasteiger charge is -2.30. The number of hydrogen-bond donors (Lipinski definition) is 4. The summed E-state index contributed by atoms with van der Waals surface area (Å²) >= 11 is 1.67. The summed E-state index contributed by atoms with van der Waals surface area (Å²) in [5.74, 6) is 0.279. The first-order valence-corrected chi connectivity index (χ1v) is 19.6. The van der Waals surface area contributed by atoms with E-state index in [0.29, 0.717) is 60.0 Å². The summed E-state index contributed by atoms with van der Waals surface area (Å²) in [7, 11) is 3.96. The van der Waals surface area contributed by atoms with Crippen molar-refractivity contribution in [1.82, 2.24) is 40.4 Å². The van der Waals surface area contributed by atoms with E-state index in [4.69, 9.17) is 9.47 Å². The second-order valence-corrected chi connectivity index (χ2v) is 15.0. The van der Waals surface area contributed by atoms with Crippen LogP contribution in [0.2, 0.25) is 0 Å². The van der Waals surface area contributed by atoms with Crippen LogP contribution in [0.1, 0.15) is 56.8 Å². The Morgan fingerprint density at radius 3 is 2.07 bits per heavy atom. The molecule has 4 aromatic rings. The molecule has 4 heterocycles.